The van der Waals surface area contributed by atoms with Crippen LogP contribution in [-0.4, -0.2) is 25.0 Å². The molecule has 0 bridgehead atoms. The summed E-state index contributed by atoms with van der Waals surface area (Å²) in [6.45, 7) is 3.55. The second-order valence-corrected chi connectivity index (χ2v) is 8.97. The van der Waals surface area contributed by atoms with E-state index in [4.69, 9.17) is 9.47 Å². The molecule has 0 aliphatic rings. The fourth-order valence-electron chi connectivity index (χ4n) is 3.40. The molecule has 0 heterocycles. The number of hydrogen-bond donors (Lipinski definition) is 2. The number of rotatable bonds is 9. The zero-order valence-electron chi connectivity index (χ0n) is 20.9. The number of nitrogens with zero attached hydrogens (tertiary/aromatic N) is 1. The van der Waals surface area contributed by atoms with Crippen molar-refractivity contribution in [2.45, 2.75) is 20.0 Å². The Hall–Kier alpha value is -4.30. The van der Waals surface area contributed by atoms with E-state index in [2.05, 4.69) is 26.6 Å². The van der Waals surface area contributed by atoms with Crippen LogP contribution in [0.4, 0.5) is 24.5 Å². The lowest BCUT2D eigenvalue weighted by molar-refractivity contribution is -0.137. The van der Waals surface area contributed by atoms with Gasteiger partial charge in [0.05, 0.1) is 16.6 Å². The van der Waals surface area contributed by atoms with Crippen molar-refractivity contribution in [1.82, 2.24) is 0 Å². The van der Waals surface area contributed by atoms with Gasteiger partial charge < -0.3 is 20.1 Å². The van der Waals surface area contributed by atoms with Crippen molar-refractivity contribution in [2.24, 2.45) is 0 Å². The molecule has 0 fully saturated rings. The third-order valence-electron chi connectivity index (χ3n) is 5.22. The number of anilines is 2. The van der Waals surface area contributed by atoms with Crippen molar-refractivity contribution in [3.8, 4) is 17.6 Å². The van der Waals surface area contributed by atoms with Crippen LogP contribution in [0.1, 0.15) is 23.6 Å². The first-order chi connectivity index (χ1) is 18.5. The summed E-state index contributed by atoms with van der Waals surface area (Å²) in [6, 6.07) is 16.2. The summed E-state index contributed by atoms with van der Waals surface area (Å²) in [4.78, 5) is 25.1. The van der Waals surface area contributed by atoms with E-state index in [-0.39, 0.29) is 41.9 Å². The van der Waals surface area contributed by atoms with Crippen molar-refractivity contribution in [2.75, 3.05) is 23.8 Å². The Morgan fingerprint density at radius 3 is 2.46 bits per heavy atom. The third kappa shape index (κ3) is 8.09. The maximum atomic E-state index is 13.0. The number of carbonyl (C=O) groups is 2. The van der Waals surface area contributed by atoms with Crippen LogP contribution in [0.3, 0.4) is 0 Å². The molecule has 0 saturated heterocycles. The molecular weight excluding hydrogens is 579 g/mol. The molecule has 0 unspecified atom stereocenters. The van der Waals surface area contributed by atoms with Gasteiger partial charge in [0.15, 0.2) is 18.1 Å². The standard InChI is InChI=1S/C28H23BrF3N3O4/c1-3-38-24-13-18(11-19(15-33)27(37)34-21-9-6-8-20(14-21)28(30,31)32)12-22(29)26(24)39-16-25(36)35-23-10-5-4-7-17(23)2/h4-14H,3,16H2,1-2H3,(H,34,37)(H,35,36)/b19-11+. The number of nitriles is 1. The first-order valence-corrected chi connectivity index (χ1v) is 12.4. The van der Waals surface area contributed by atoms with E-state index >= 15 is 0 Å². The van der Waals surface area contributed by atoms with Gasteiger partial charge in [-0.05, 0) is 83.4 Å². The average Bonchev–Trinajstić information content (AvgIpc) is 2.88. The van der Waals surface area contributed by atoms with Crippen LogP contribution in [0, 0.1) is 18.3 Å². The summed E-state index contributed by atoms with van der Waals surface area (Å²) in [5.74, 6) is -0.794. The van der Waals surface area contributed by atoms with E-state index in [1.165, 1.54) is 18.2 Å². The Morgan fingerprint density at radius 2 is 1.79 bits per heavy atom. The Kier molecular flexibility index (Phi) is 9.73. The highest BCUT2D eigenvalue weighted by molar-refractivity contribution is 9.10. The Labute approximate surface area is 231 Å². The van der Waals surface area contributed by atoms with Crippen LogP contribution < -0.4 is 20.1 Å². The molecule has 7 nitrogen and oxygen atoms in total. The average molecular weight is 602 g/mol. The molecule has 0 aliphatic carbocycles. The number of amides is 2. The maximum absolute atomic E-state index is 13.0. The summed E-state index contributed by atoms with van der Waals surface area (Å²) in [5.41, 5.74) is 0.522. The van der Waals surface area contributed by atoms with Crippen LogP contribution in [-0.2, 0) is 15.8 Å². The number of ether oxygens (including phenoxy) is 2. The minimum Gasteiger partial charge on any atom is -0.490 e. The molecule has 11 heteroatoms. The zero-order chi connectivity index (χ0) is 28.6. The topological polar surface area (TPSA) is 100 Å². The molecule has 202 valence electrons. The molecule has 0 spiro atoms. The number of para-hydroxylation sites is 1. The molecule has 3 aromatic rings. The fraction of sp³-hybridized carbons (Fsp3) is 0.179. The van der Waals surface area contributed by atoms with Gasteiger partial charge in [-0.2, -0.15) is 18.4 Å². The number of hydrogen-bond acceptors (Lipinski definition) is 5. The first kappa shape index (κ1) is 29.3. The Morgan fingerprint density at radius 1 is 1.05 bits per heavy atom. The lowest BCUT2D eigenvalue weighted by atomic mass is 10.1. The molecule has 2 amide bonds. The van der Waals surface area contributed by atoms with Gasteiger partial charge >= 0.3 is 6.18 Å². The van der Waals surface area contributed by atoms with Crippen molar-refractivity contribution < 1.29 is 32.2 Å². The summed E-state index contributed by atoms with van der Waals surface area (Å²) in [6.07, 6.45) is -3.33. The lowest BCUT2D eigenvalue weighted by Gasteiger charge is -2.15. The van der Waals surface area contributed by atoms with E-state index in [0.29, 0.717) is 15.7 Å². The van der Waals surface area contributed by atoms with E-state index in [1.807, 2.05) is 19.1 Å². The second kappa shape index (κ2) is 13.0. The molecule has 0 saturated carbocycles. The zero-order valence-corrected chi connectivity index (χ0v) is 22.4. The molecule has 0 aliphatic heterocycles. The van der Waals surface area contributed by atoms with Crippen LogP contribution >= 0.6 is 15.9 Å². The number of nitrogens with one attached hydrogen (secondary N) is 2. The first-order valence-electron chi connectivity index (χ1n) is 11.6. The van der Waals surface area contributed by atoms with Gasteiger partial charge in [-0.15, -0.1) is 0 Å². The van der Waals surface area contributed by atoms with E-state index < -0.39 is 17.6 Å². The predicted octanol–water partition coefficient (Wildman–Crippen LogP) is 6.74. The monoisotopic (exact) mass is 601 g/mol. The second-order valence-electron chi connectivity index (χ2n) is 8.12. The van der Waals surface area contributed by atoms with Crippen molar-refractivity contribution in [3.63, 3.8) is 0 Å². The van der Waals surface area contributed by atoms with Gasteiger partial charge in [-0.25, -0.2) is 0 Å². The summed E-state index contributed by atoms with van der Waals surface area (Å²) in [5, 5.41) is 14.6. The highest BCUT2D eigenvalue weighted by atomic mass is 79.9. The van der Waals surface area contributed by atoms with E-state index in [9.17, 15) is 28.0 Å². The van der Waals surface area contributed by atoms with Crippen molar-refractivity contribution in [1.29, 1.82) is 5.26 Å². The minimum absolute atomic E-state index is 0.111. The lowest BCUT2D eigenvalue weighted by Crippen LogP contribution is -2.21. The quantitative estimate of drug-likeness (QED) is 0.209. The van der Waals surface area contributed by atoms with Gasteiger partial charge in [0, 0.05) is 11.4 Å². The Balaban J connectivity index is 1.79. The number of alkyl halides is 3. The smallest absolute Gasteiger partial charge is 0.416 e. The molecular formula is C28H23BrF3N3O4. The highest BCUT2D eigenvalue weighted by Crippen LogP contribution is 2.38. The molecule has 0 atom stereocenters. The summed E-state index contributed by atoms with van der Waals surface area (Å²) >= 11 is 3.37. The fourth-order valence-corrected chi connectivity index (χ4v) is 3.97. The number of carbonyl (C=O) groups excluding carboxylic acids is 2. The van der Waals surface area contributed by atoms with Crippen LogP contribution in [0.2, 0.25) is 0 Å². The van der Waals surface area contributed by atoms with E-state index in [1.54, 1.807) is 31.2 Å². The largest absolute Gasteiger partial charge is 0.490 e. The van der Waals surface area contributed by atoms with Gasteiger partial charge in [0.1, 0.15) is 11.6 Å². The van der Waals surface area contributed by atoms with Gasteiger partial charge in [-0.3, -0.25) is 9.59 Å². The van der Waals surface area contributed by atoms with Crippen LogP contribution in [0.15, 0.2) is 70.7 Å². The third-order valence-corrected chi connectivity index (χ3v) is 5.81. The van der Waals surface area contributed by atoms with Gasteiger partial charge in [-0.1, -0.05) is 24.3 Å². The number of aryl methyl sites for hydroxylation is 1. The van der Waals surface area contributed by atoms with Gasteiger partial charge in [0.25, 0.3) is 11.8 Å². The van der Waals surface area contributed by atoms with E-state index in [0.717, 1.165) is 23.8 Å². The molecule has 39 heavy (non-hydrogen) atoms. The molecule has 3 rings (SSSR count). The predicted molar refractivity (Wildman–Crippen MR) is 144 cm³/mol. The minimum atomic E-state index is -4.58. The normalized spacial score (nSPS) is 11.4. The number of halogens is 4. The summed E-state index contributed by atoms with van der Waals surface area (Å²) < 4.78 is 50.7. The van der Waals surface area contributed by atoms with Crippen molar-refractivity contribution >= 4 is 45.2 Å². The number of benzene rings is 3. The summed E-state index contributed by atoms with van der Waals surface area (Å²) in [7, 11) is 0. The van der Waals surface area contributed by atoms with Crippen molar-refractivity contribution in [3.05, 3.63) is 87.4 Å². The van der Waals surface area contributed by atoms with Gasteiger partial charge in [0.2, 0.25) is 0 Å². The molecule has 0 radical (unpaired) electrons. The SMILES string of the molecule is CCOc1cc(/C=C(\C#N)C(=O)Nc2cccc(C(F)(F)F)c2)cc(Br)c1OCC(=O)Nc1ccccc1C. The highest BCUT2D eigenvalue weighted by Gasteiger charge is 2.30. The maximum Gasteiger partial charge on any atom is 0.416 e. The van der Waals surface area contributed by atoms with Crippen LogP contribution in [0.5, 0.6) is 11.5 Å². The molecule has 0 aromatic heterocycles. The molecule has 2 N–H and O–H groups in total. The van der Waals surface area contributed by atoms with Crippen LogP contribution in [0.25, 0.3) is 6.08 Å². The molecule has 3 aromatic carbocycles. The Bertz CT molecular complexity index is 1450.